The van der Waals surface area contributed by atoms with E-state index in [-0.39, 0.29) is 56.1 Å². The van der Waals surface area contributed by atoms with Crippen molar-refractivity contribution >= 4 is 21.8 Å². The Hall–Kier alpha value is -7.43. The summed E-state index contributed by atoms with van der Waals surface area (Å²) in [7, 11) is 0. The van der Waals surface area contributed by atoms with E-state index in [1.165, 1.54) is 4.57 Å². The van der Waals surface area contributed by atoms with Gasteiger partial charge in [-0.3, -0.25) is 0 Å². The first-order valence-corrected chi connectivity index (χ1v) is 17.1. The fourth-order valence-corrected chi connectivity index (χ4v) is 6.54. The molecule has 0 spiro atoms. The molecular formula is C51H34N4. The lowest BCUT2D eigenvalue weighted by Gasteiger charge is -2.17. The molecule has 258 valence electrons. The number of rotatable bonds is 7. The molecule has 0 fully saturated rings. The Morgan fingerprint density at radius 1 is 0.364 bits per heavy atom. The molecule has 0 amide bonds. The Bertz CT molecular complexity index is 3900. The molecule has 0 unspecified atom stereocenters. The van der Waals surface area contributed by atoms with Gasteiger partial charge in [0.05, 0.1) is 40.0 Å². The van der Waals surface area contributed by atoms with Crippen molar-refractivity contribution in [2.75, 3.05) is 0 Å². The summed E-state index contributed by atoms with van der Waals surface area (Å²) in [5.41, 5.74) is 1.61. The number of hydrogen-bond donors (Lipinski definition) is 0. The van der Waals surface area contributed by atoms with Gasteiger partial charge in [-0.25, -0.2) is 15.0 Å². The van der Waals surface area contributed by atoms with Crippen LogP contribution >= 0.6 is 0 Å². The summed E-state index contributed by atoms with van der Waals surface area (Å²) < 4.78 is 153. The fraction of sp³-hybridized carbons (Fsp3) is 0. The molecule has 0 bridgehead atoms. The van der Waals surface area contributed by atoms with Crippen LogP contribution in [0.5, 0.6) is 0 Å². The monoisotopic (exact) mass is 719 g/mol. The summed E-state index contributed by atoms with van der Waals surface area (Å²) in [5, 5.41) is -0.561. The van der Waals surface area contributed by atoms with Crippen LogP contribution in [0.2, 0.25) is 0 Å². The maximum absolute atomic E-state index is 9.77. The topological polar surface area (TPSA) is 43.6 Å². The minimum Gasteiger partial charge on any atom is -0.308 e. The summed E-state index contributed by atoms with van der Waals surface area (Å²) in [6.07, 6.45) is 0. The Balaban J connectivity index is 1.39. The zero-order chi connectivity index (χ0) is 51.3. The first kappa shape index (κ1) is 19.1. The Kier molecular flexibility index (Phi) is 4.80. The molecule has 8 aromatic carbocycles. The molecule has 55 heavy (non-hydrogen) atoms. The number of nitrogens with zero attached hydrogens (tertiary/aromatic N) is 4. The first-order chi connectivity index (χ1) is 34.3. The van der Waals surface area contributed by atoms with Gasteiger partial charge in [-0.2, -0.15) is 0 Å². The Morgan fingerprint density at radius 3 is 1.67 bits per heavy atom. The highest BCUT2D eigenvalue weighted by molar-refractivity contribution is 6.11. The molecule has 2 aromatic heterocycles. The second kappa shape index (κ2) is 13.8. The van der Waals surface area contributed by atoms with Gasteiger partial charge < -0.3 is 4.57 Å². The van der Waals surface area contributed by atoms with E-state index in [4.69, 9.17) is 26.4 Å². The predicted octanol–water partition coefficient (Wildman–Crippen LogP) is 13.0. The molecule has 4 heteroatoms. The van der Waals surface area contributed by atoms with Gasteiger partial charge in [0.2, 0.25) is 0 Å². The maximum Gasteiger partial charge on any atom is 0.166 e. The van der Waals surface area contributed by atoms with E-state index in [1.807, 2.05) is 54.6 Å². The van der Waals surface area contributed by atoms with Crippen molar-refractivity contribution in [2.45, 2.75) is 0 Å². The van der Waals surface area contributed by atoms with E-state index < -0.39 is 114 Å². The van der Waals surface area contributed by atoms with Crippen LogP contribution < -0.4 is 0 Å². The van der Waals surface area contributed by atoms with Gasteiger partial charge in [-0.05, 0) is 69.7 Å². The van der Waals surface area contributed by atoms with Gasteiger partial charge in [0.25, 0.3) is 0 Å². The fourth-order valence-electron chi connectivity index (χ4n) is 6.54. The van der Waals surface area contributed by atoms with Crippen molar-refractivity contribution in [2.24, 2.45) is 0 Å². The van der Waals surface area contributed by atoms with Gasteiger partial charge in [-0.15, -0.1) is 0 Å². The van der Waals surface area contributed by atoms with Crippen molar-refractivity contribution in [1.82, 2.24) is 19.5 Å². The minimum absolute atomic E-state index is 0.0171. The van der Waals surface area contributed by atoms with Crippen LogP contribution in [0.15, 0.2) is 206 Å². The van der Waals surface area contributed by atoms with Gasteiger partial charge in [-0.1, -0.05) is 170 Å². The molecular weight excluding hydrogens is 669 g/mol. The van der Waals surface area contributed by atoms with E-state index in [2.05, 4.69) is 4.98 Å². The average Bonchev–Trinajstić information content (AvgIpc) is 3.77. The number of hydrogen-bond acceptors (Lipinski definition) is 3. The number of benzene rings is 8. The molecule has 10 aromatic rings. The second-order valence-electron chi connectivity index (χ2n) is 12.4. The molecule has 0 atom stereocenters. The largest absolute Gasteiger partial charge is 0.308 e. The van der Waals surface area contributed by atoms with Crippen LogP contribution in [0, 0.1) is 0 Å². The molecule has 0 saturated heterocycles. The number of para-hydroxylation sites is 1. The van der Waals surface area contributed by atoms with E-state index in [0.29, 0.717) is 16.7 Å². The smallest absolute Gasteiger partial charge is 0.166 e. The minimum atomic E-state index is -0.756. The number of fused-ring (bicyclic) bond motifs is 3. The van der Waals surface area contributed by atoms with E-state index in [1.54, 1.807) is 48.5 Å². The number of aromatic nitrogens is 4. The molecule has 4 nitrogen and oxygen atoms in total. The van der Waals surface area contributed by atoms with E-state index >= 15 is 0 Å². The molecule has 2 heterocycles. The highest BCUT2D eigenvalue weighted by atomic mass is 15.1. The SMILES string of the molecule is [2H]c1c([2H])c([2H])c(-c2nc(-c3ccccc3)nc(-c3ccc(-c4cccc(-c5ccccc5)c4)cc3-n3c4c([2H])c([2H])c([2H])c([2H])c4c4c([2H])c(-c5c([2H])c([2H])c([2H])c([2H])c5[2H])c([2H])c([2H])c43)n2)c([2H])c1[2H]. The van der Waals surface area contributed by atoms with Gasteiger partial charge in [0, 0.05) is 27.5 Å². The van der Waals surface area contributed by atoms with Crippen molar-refractivity contribution in [3.63, 3.8) is 0 Å². The van der Waals surface area contributed by atoms with Crippen molar-refractivity contribution < 1.29 is 23.3 Å². The average molecular weight is 720 g/mol. The van der Waals surface area contributed by atoms with Crippen LogP contribution in [-0.4, -0.2) is 19.5 Å². The molecule has 10 rings (SSSR count). The Morgan fingerprint density at radius 2 is 0.927 bits per heavy atom. The standard InChI is InChI=1S/C51H34N4/c1-5-16-35(17-6-1)39-24-15-25-40(32-39)42-28-30-44(51-53-49(37-20-9-3-10-21-37)52-50(54-51)38-22-11-4-12-23-38)48(34-42)55-46-27-14-13-26-43(46)45-33-41(29-31-47(45)55)36-18-7-2-8-19-36/h1-34H/i2D,3D,7D,8D,9D,10D,13D,14D,18D,19D,20D,21D,26D,27D,29D,31D,33D. The van der Waals surface area contributed by atoms with E-state index in [9.17, 15) is 6.85 Å². The molecule has 0 N–H and O–H groups in total. The third-order valence-electron chi connectivity index (χ3n) is 9.08. The molecule has 0 aliphatic rings. The third-order valence-corrected chi connectivity index (χ3v) is 9.08. The van der Waals surface area contributed by atoms with Crippen LogP contribution in [-0.2, 0) is 0 Å². The van der Waals surface area contributed by atoms with Crippen LogP contribution in [0.4, 0.5) is 0 Å². The highest BCUT2D eigenvalue weighted by Gasteiger charge is 2.21. The van der Waals surface area contributed by atoms with Gasteiger partial charge in [0.15, 0.2) is 17.5 Å². The maximum atomic E-state index is 9.77. The summed E-state index contributed by atoms with van der Waals surface area (Å²) in [5.74, 6) is -0.444. The van der Waals surface area contributed by atoms with E-state index in [0.717, 1.165) is 11.1 Å². The van der Waals surface area contributed by atoms with Crippen LogP contribution in [0.3, 0.4) is 0 Å². The Labute approximate surface area is 343 Å². The molecule has 0 aliphatic heterocycles. The molecule has 0 aliphatic carbocycles. The second-order valence-corrected chi connectivity index (χ2v) is 12.4. The third kappa shape index (κ3) is 6.06. The highest BCUT2D eigenvalue weighted by Crippen LogP contribution is 2.40. The summed E-state index contributed by atoms with van der Waals surface area (Å²) in [6.45, 7) is 0. The van der Waals surface area contributed by atoms with Crippen molar-refractivity contribution in [3.8, 4) is 73.2 Å². The molecule has 0 saturated carbocycles. The van der Waals surface area contributed by atoms with Crippen molar-refractivity contribution in [1.29, 1.82) is 0 Å². The normalized spacial score (nSPS) is 15.6. The summed E-state index contributed by atoms with van der Waals surface area (Å²) in [6, 6.07) is 19.3. The first-order valence-electron chi connectivity index (χ1n) is 25.6. The van der Waals surface area contributed by atoms with Gasteiger partial charge in [0.1, 0.15) is 0 Å². The van der Waals surface area contributed by atoms with Crippen molar-refractivity contribution in [3.05, 3.63) is 206 Å². The zero-order valence-electron chi connectivity index (χ0n) is 45.6. The quantitative estimate of drug-likeness (QED) is 0.165. The predicted molar refractivity (Wildman–Crippen MR) is 227 cm³/mol. The summed E-state index contributed by atoms with van der Waals surface area (Å²) >= 11 is 0. The summed E-state index contributed by atoms with van der Waals surface area (Å²) in [4.78, 5) is 14.3. The lowest BCUT2D eigenvalue weighted by molar-refractivity contribution is 1.06. The van der Waals surface area contributed by atoms with Crippen LogP contribution in [0.25, 0.3) is 95.0 Å². The van der Waals surface area contributed by atoms with Crippen LogP contribution in [0.1, 0.15) is 23.3 Å². The zero-order valence-corrected chi connectivity index (χ0v) is 28.6. The molecule has 0 radical (unpaired) electrons. The lowest BCUT2D eigenvalue weighted by atomic mass is 9.97. The lowest BCUT2D eigenvalue weighted by Crippen LogP contribution is -2.04. The van der Waals surface area contributed by atoms with Gasteiger partial charge >= 0.3 is 0 Å².